The largest absolute Gasteiger partial charge is 0.385 e. The molecule has 0 spiro atoms. The van der Waals surface area contributed by atoms with E-state index in [0.717, 1.165) is 11.3 Å². The second kappa shape index (κ2) is 4.80. The lowest BCUT2D eigenvalue weighted by molar-refractivity contribution is 0.186. The normalized spacial score (nSPS) is 15.7. The van der Waals surface area contributed by atoms with Gasteiger partial charge in [0.15, 0.2) is 0 Å². The van der Waals surface area contributed by atoms with E-state index < -0.39 is 6.10 Å². The monoisotopic (exact) mass is 260 g/mol. The van der Waals surface area contributed by atoms with E-state index in [2.05, 4.69) is 23.2 Å². The molecule has 1 aromatic heterocycles. The molecule has 18 heavy (non-hydrogen) atoms. The molecule has 1 atom stereocenters. The van der Waals surface area contributed by atoms with E-state index in [1.54, 1.807) is 0 Å². The van der Waals surface area contributed by atoms with E-state index >= 15 is 0 Å². The van der Waals surface area contributed by atoms with Crippen LogP contribution in [0.15, 0.2) is 23.6 Å². The molecule has 1 heterocycles. The summed E-state index contributed by atoms with van der Waals surface area (Å²) >= 11 is 1.47. The molecule has 1 aliphatic carbocycles. The molecular formula is C14H16N2OS. The number of aromatic nitrogens is 1. The second-order valence-electron chi connectivity index (χ2n) is 4.66. The van der Waals surface area contributed by atoms with E-state index in [0.29, 0.717) is 5.01 Å². The van der Waals surface area contributed by atoms with Crippen LogP contribution in [0.25, 0.3) is 11.3 Å². The number of nitrogens with two attached hydrogens (primary N) is 1. The van der Waals surface area contributed by atoms with Crippen molar-refractivity contribution in [3.8, 4) is 11.3 Å². The van der Waals surface area contributed by atoms with Crippen LogP contribution in [0, 0.1) is 0 Å². The lowest BCUT2D eigenvalue weighted by atomic mass is 10.1. The zero-order chi connectivity index (χ0) is 12.5. The van der Waals surface area contributed by atoms with Gasteiger partial charge in [-0.2, -0.15) is 0 Å². The van der Waals surface area contributed by atoms with Gasteiger partial charge in [-0.1, -0.05) is 12.1 Å². The summed E-state index contributed by atoms with van der Waals surface area (Å²) in [5, 5.41) is 12.4. The zero-order valence-corrected chi connectivity index (χ0v) is 10.9. The molecule has 1 aliphatic rings. The number of aliphatic hydroxyl groups is 1. The van der Waals surface area contributed by atoms with Gasteiger partial charge in [-0.15, -0.1) is 11.3 Å². The Morgan fingerprint density at radius 2 is 2.17 bits per heavy atom. The molecule has 0 aliphatic heterocycles. The third-order valence-corrected chi connectivity index (χ3v) is 4.37. The maximum Gasteiger partial charge on any atom is 0.123 e. The van der Waals surface area contributed by atoms with Crippen LogP contribution < -0.4 is 5.73 Å². The molecule has 1 unspecified atom stereocenters. The van der Waals surface area contributed by atoms with Crippen molar-refractivity contribution in [3.63, 3.8) is 0 Å². The van der Waals surface area contributed by atoms with Gasteiger partial charge in [0.25, 0.3) is 0 Å². The number of hydrogen-bond acceptors (Lipinski definition) is 4. The summed E-state index contributed by atoms with van der Waals surface area (Å²) in [6, 6.07) is 6.56. The molecule has 2 aromatic rings. The summed E-state index contributed by atoms with van der Waals surface area (Å²) in [6.45, 7) is 0.219. The molecule has 4 heteroatoms. The van der Waals surface area contributed by atoms with Crippen LogP contribution >= 0.6 is 11.3 Å². The summed E-state index contributed by atoms with van der Waals surface area (Å²) in [6.07, 6.45) is 2.99. The number of rotatable bonds is 3. The van der Waals surface area contributed by atoms with Crippen LogP contribution in [-0.2, 0) is 12.8 Å². The fourth-order valence-electron chi connectivity index (χ4n) is 2.41. The minimum absolute atomic E-state index is 0.219. The van der Waals surface area contributed by atoms with Gasteiger partial charge >= 0.3 is 0 Å². The first-order valence-corrected chi connectivity index (χ1v) is 7.11. The van der Waals surface area contributed by atoms with Gasteiger partial charge in [-0.25, -0.2) is 4.98 Å². The van der Waals surface area contributed by atoms with Gasteiger partial charge in [-0.05, 0) is 36.5 Å². The topological polar surface area (TPSA) is 59.1 Å². The first-order valence-electron chi connectivity index (χ1n) is 6.23. The number of nitrogens with zero attached hydrogens (tertiary/aromatic N) is 1. The second-order valence-corrected chi connectivity index (χ2v) is 5.55. The number of fused-ring (bicyclic) bond motifs is 1. The highest BCUT2D eigenvalue weighted by Gasteiger charge is 2.14. The minimum Gasteiger partial charge on any atom is -0.385 e. The van der Waals surface area contributed by atoms with Gasteiger partial charge in [0.05, 0.1) is 5.69 Å². The SMILES string of the molecule is NCC(O)c1nc(-c2ccc3c(c2)CCC3)cs1. The number of aryl methyl sites for hydroxylation is 2. The molecule has 3 N–H and O–H groups in total. The highest BCUT2D eigenvalue weighted by atomic mass is 32.1. The summed E-state index contributed by atoms with van der Waals surface area (Å²) in [5.41, 5.74) is 10.4. The van der Waals surface area contributed by atoms with Crippen molar-refractivity contribution in [1.29, 1.82) is 0 Å². The van der Waals surface area contributed by atoms with Crippen molar-refractivity contribution in [3.05, 3.63) is 39.7 Å². The van der Waals surface area contributed by atoms with Crippen molar-refractivity contribution < 1.29 is 5.11 Å². The summed E-state index contributed by atoms with van der Waals surface area (Å²) < 4.78 is 0. The molecule has 0 bridgehead atoms. The van der Waals surface area contributed by atoms with Gasteiger partial charge in [0, 0.05) is 17.5 Å². The molecule has 3 rings (SSSR count). The third-order valence-electron chi connectivity index (χ3n) is 3.42. The Balaban J connectivity index is 1.92. The summed E-state index contributed by atoms with van der Waals surface area (Å²) in [5.74, 6) is 0. The van der Waals surface area contributed by atoms with E-state index in [9.17, 15) is 5.11 Å². The average Bonchev–Trinajstić information content (AvgIpc) is 3.05. The van der Waals surface area contributed by atoms with Crippen LogP contribution in [0.1, 0.15) is 28.7 Å². The van der Waals surface area contributed by atoms with Crippen molar-refractivity contribution >= 4 is 11.3 Å². The van der Waals surface area contributed by atoms with Crippen molar-refractivity contribution in [2.45, 2.75) is 25.4 Å². The maximum absolute atomic E-state index is 9.67. The maximum atomic E-state index is 9.67. The fraction of sp³-hybridized carbons (Fsp3) is 0.357. The van der Waals surface area contributed by atoms with Crippen LogP contribution in [0.3, 0.4) is 0 Å². The highest BCUT2D eigenvalue weighted by Crippen LogP contribution is 2.29. The van der Waals surface area contributed by atoms with Crippen LogP contribution in [-0.4, -0.2) is 16.6 Å². The third kappa shape index (κ3) is 2.07. The van der Waals surface area contributed by atoms with Crippen molar-refractivity contribution in [1.82, 2.24) is 4.98 Å². The molecule has 0 radical (unpaired) electrons. The molecule has 0 fully saturated rings. The van der Waals surface area contributed by atoms with Crippen LogP contribution in [0.4, 0.5) is 0 Å². The smallest absolute Gasteiger partial charge is 0.123 e. The van der Waals surface area contributed by atoms with Crippen LogP contribution in [0.2, 0.25) is 0 Å². The molecule has 0 amide bonds. The van der Waals surface area contributed by atoms with E-state index in [4.69, 9.17) is 5.73 Å². The first kappa shape index (κ1) is 11.8. The minimum atomic E-state index is -0.641. The van der Waals surface area contributed by atoms with Gasteiger partial charge < -0.3 is 10.8 Å². The van der Waals surface area contributed by atoms with E-state index in [1.807, 2.05) is 5.38 Å². The summed E-state index contributed by atoms with van der Waals surface area (Å²) in [4.78, 5) is 4.47. The molecule has 1 aromatic carbocycles. The highest BCUT2D eigenvalue weighted by molar-refractivity contribution is 7.10. The Morgan fingerprint density at radius 3 is 3.00 bits per heavy atom. The van der Waals surface area contributed by atoms with Crippen LogP contribution in [0.5, 0.6) is 0 Å². The van der Waals surface area contributed by atoms with E-state index in [-0.39, 0.29) is 6.54 Å². The van der Waals surface area contributed by atoms with Crippen molar-refractivity contribution in [2.75, 3.05) is 6.54 Å². The van der Waals surface area contributed by atoms with E-state index in [1.165, 1.54) is 41.7 Å². The Kier molecular flexibility index (Phi) is 3.16. The lowest BCUT2D eigenvalue weighted by Gasteiger charge is -2.03. The molecule has 0 saturated heterocycles. The number of benzene rings is 1. The Bertz CT molecular complexity index is 565. The fourth-order valence-corrected chi connectivity index (χ4v) is 3.23. The zero-order valence-electron chi connectivity index (χ0n) is 10.1. The Hall–Kier alpha value is -1.23. The predicted molar refractivity (Wildman–Crippen MR) is 73.6 cm³/mol. The molecule has 0 saturated carbocycles. The molecule has 94 valence electrons. The van der Waals surface area contributed by atoms with Gasteiger partial charge in [0.2, 0.25) is 0 Å². The lowest BCUT2D eigenvalue weighted by Crippen LogP contribution is -2.11. The number of thiazole rings is 1. The average molecular weight is 260 g/mol. The standard InChI is InChI=1S/C14H16N2OS/c15-7-13(17)14-16-12(8-18-14)11-5-4-9-2-1-3-10(9)6-11/h4-6,8,13,17H,1-3,7,15H2. The predicted octanol–water partition coefficient (Wildman–Crippen LogP) is 2.29. The van der Waals surface area contributed by atoms with Gasteiger partial charge in [0.1, 0.15) is 11.1 Å². The first-order chi connectivity index (χ1) is 8.78. The molecule has 3 nitrogen and oxygen atoms in total. The Labute approximate surface area is 110 Å². The number of aliphatic hydroxyl groups excluding tert-OH is 1. The van der Waals surface area contributed by atoms with Gasteiger partial charge in [-0.3, -0.25) is 0 Å². The summed E-state index contributed by atoms with van der Waals surface area (Å²) in [7, 11) is 0. The van der Waals surface area contributed by atoms with Crippen molar-refractivity contribution in [2.24, 2.45) is 5.73 Å². The number of hydrogen-bond donors (Lipinski definition) is 2. The quantitative estimate of drug-likeness (QED) is 0.890. The Morgan fingerprint density at radius 1 is 1.33 bits per heavy atom. The molecular weight excluding hydrogens is 244 g/mol.